The van der Waals surface area contributed by atoms with E-state index >= 15 is 0 Å². The van der Waals surface area contributed by atoms with Gasteiger partial charge in [0, 0.05) is 18.2 Å². The van der Waals surface area contributed by atoms with Crippen LogP contribution in [0.2, 0.25) is 0 Å². The van der Waals surface area contributed by atoms with Crippen molar-refractivity contribution in [2.75, 3.05) is 26.2 Å². The summed E-state index contributed by atoms with van der Waals surface area (Å²) in [6.07, 6.45) is 0.168. The van der Waals surface area contributed by atoms with E-state index in [1.807, 2.05) is 62.2 Å². The van der Waals surface area contributed by atoms with Gasteiger partial charge in [-0.3, -0.25) is 14.5 Å². The fourth-order valence-electron chi connectivity index (χ4n) is 3.71. The lowest BCUT2D eigenvalue weighted by Gasteiger charge is -2.25. The minimum absolute atomic E-state index is 0.166. The number of carbonyl (C=O) groups is 2. The van der Waals surface area contributed by atoms with Crippen LogP contribution in [-0.2, 0) is 16.1 Å². The predicted molar refractivity (Wildman–Crippen MR) is 108 cm³/mol. The number of nitrogens with zero attached hydrogens (tertiary/aromatic N) is 2. The summed E-state index contributed by atoms with van der Waals surface area (Å²) in [5.41, 5.74) is 3.47. The van der Waals surface area contributed by atoms with Crippen LogP contribution in [0.5, 0.6) is 11.5 Å². The van der Waals surface area contributed by atoms with Gasteiger partial charge in [0.25, 0.3) is 5.91 Å². The molecule has 6 nitrogen and oxygen atoms in total. The van der Waals surface area contributed by atoms with Crippen LogP contribution in [0.3, 0.4) is 0 Å². The van der Waals surface area contributed by atoms with E-state index in [1.165, 1.54) is 4.90 Å². The molecule has 28 heavy (non-hydrogen) atoms. The molecule has 2 amide bonds. The van der Waals surface area contributed by atoms with Gasteiger partial charge in [0.05, 0.1) is 32.4 Å². The molecule has 2 aromatic rings. The normalized spacial score (nSPS) is 16.8. The molecule has 1 aliphatic heterocycles. The first-order chi connectivity index (χ1) is 13.4. The van der Waals surface area contributed by atoms with E-state index < -0.39 is 6.04 Å². The summed E-state index contributed by atoms with van der Waals surface area (Å²) in [6, 6.07) is 10.9. The van der Waals surface area contributed by atoms with Crippen molar-refractivity contribution in [2.45, 2.75) is 32.9 Å². The van der Waals surface area contributed by atoms with Crippen LogP contribution < -0.4 is 14.4 Å². The number of hydrogen-bond acceptors (Lipinski definition) is 5. The summed E-state index contributed by atoms with van der Waals surface area (Å²) in [4.78, 5) is 29.1. The summed E-state index contributed by atoms with van der Waals surface area (Å²) in [5.74, 6) is 1.05. The van der Waals surface area contributed by atoms with Gasteiger partial charge in [0.15, 0.2) is 0 Å². The Morgan fingerprint density at radius 2 is 1.75 bits per heavy atom. The lowest BCUT2D eigenvalue weighted by molar-refractivity contribution is -0.122. The second-order valence-electron chi connectivity index (χ2n) is 7.12. The summed E-state index contributed by atoms with van der Waals surface area (Å²) in [5, 5.41) is 0. The number of amides is 2. The zero-order chi connectivity index (χ0) is 20.4. The molecule has 1 atom stereocenters. The summed E-state index contributed by atoms with van der Waals surface area (Å²) in [7, 11) is 5.06. The first-order valence-corrected chi connectivity index (χ1v) is 9.21. The lowest BCUT2D eigenvalue weighted by Crippen LogP contribution is -2.40. The van der Waals surface area contributed by atoms with Crippen LogP contribution in [0.4, 0.5) is 5.69 Å². The molecule has 0 aromatic heterocycles. The molecule has 0 unspecified atom stereocenters. The maximum atomic E-state index is 13.1. The smallest absolute Gasteiger partial charge is 0.251 e. The van der Waals surface area contributed by atoms with Crippen molar-refractivity contribution in [3.05, 3.63) is 53.1 Å². The van der Waals surface area contributed by atoms with Gasteiger partial charge in [-0.05, 0) is 38.1 Å². The van der Waals surface area contributed by atoms with Crippen LogP contribution in [0.1, 0.15) is 23.1 Å². The summed E-state index contributed by atoms with van der Waals surface area (Å²) >= 11 is 0. The van der Waals surface area contributed by atoms with E-state index in [1.54, 1.807) is 14.2 Å². The first-order valence-electron chi connectivity index (χ1n) is 9.21. The van der Waals surface area contributed by atoms with Crippen molar-refractivity contribution in [3.8, 4) is 11.5 Å². The molecule has 0 aliphatic carbocycles. The first kappa shape index (κ1) is 19.9. The highest BCUT2D eigenvalue weighted by Gasteiger charge is 2.42. The minimum Gasteiger partial charge on any atom is -0.497 e. The van der Waals surface area contributed by atoms with Crippen LogP contribution >= 0.6 is 0 Å². The fraction of sp³-hybridized carbons (Fsp3) is 0.364. The lowest BCUT2D eigenvalue weighted by atomic mass is 10.1. The Morgan fingerprint density at radius 1 is 1.07 bits per heavy atom. The molecule has 6 heteroatoms. The van der Waals surface area contributed by atoms with Crippen LogP contribution in [-0.4, -0.2) is 44.0 Å². The van der Waals surface area contributed by atoms with Crippen molar-refractivity contribution in [3.63, 3.8) is 0 Å². The second-order valence-corrected chi connectivity index (χ2v) is 7.12. The Hall–Kier alpha value is -2.86. The van der Waals surface area contributed by atoms with Crippen LogP contribution in [0.25, 0.3) is 0 Å². The Kier molecular flexibility index (Phi) is 5.70. The highest BCUT2D eigenvalue weighted by atomic mass is 16.5. The number of likely N-dealkylation sites (N-methyl/N-ethyl adjacent to an activating group) is 1. The van der Waals surface area contributed by atoms with E-state index in [4.69, 9.17) is 9.47 Å². The van der Waals surface area contributed by atoms with E-state index in [-0.39, 0.29) is 18.2 Å². The number of hydrogen-bond donors (Lipinski definition) is 0. The van der Waals surface area contributed by atoms with Crippen molar-refractivity contribution < 1.29 is 19.1 Å². The minimum atomic E-state index is -0.502. The molecule has 0 bridgehead atoms. The van der Waals surface area contributed by atoms with Gasteiger partial charge in [-0.15, -0.1) is 0 Å². The number of para-hydroxylation sites is 1. The van der Waals surface area contributed by atoms with Crippen LogP contribution in [0.15, 0.2) is 36.4 Å². The molecule has 148 valence electrons. The molecule has 1 heterocycles. The Balaban J connectivity index is 1.83. The molecular weight excluding hydrogens is 356 g/mol. The molecule has 0 N–H and O–H groups in total. The molecule has 3 rings (SSSR count). The van der Waals surface area contributed by atoms with E-state index in [0.29, 0.717) is 23.7 Å². The third kappa shape index (κ3) is 3.60. The fourth-order valence-corrected chi connectivity index (χ4v) is 3.71. The average Bonchev–Trinajstić information content (AvgIpc) is 2.97. The van der Waals surface area contributed by atoms with Gasteiger partial charge in [0.2, 0.25) is 5.91 Å². The third-order valence-electron chi connectivity index (χ3n) is 5.23. The Labute approximate surface area is 165 Å². The van der Waals surface area contributed by atoms with Crippen molar-refractivity contribution >= 4 is 17.5 Å². The van der Waals surface area contributed by atoms with Crippen LogP contribution in [0, 0.1) is 13.8 Å². The Bertz CT molecular complexity index is 889. The maximum absolute atomic E-state index is 13.1. The predicted octanol–water partition coefficient (Wildman–Crippen LogP) is 3.08. The molecule has 2 aromatic carbocycles. The molecule has 0 saturated carbocycles. The number of aryl methyl sites for hydroxylation is 2. The largest absolute Gasteiger partial charge is 0.497 e. The van der Waals surface area contributed by atoms with Gasteiger partial charge in [-0.25, -0.2) is 4.90 Å². The third-order valence-corrected chi connectivity index (χ3v) is 5.23. The highest BCUT2D eigenvalue weighted by Crippen LogP contribution is 2.32. The number of methoxy groups -OCH3 is 2. The topological polar surface area (TPSA) is 59.1 Å². The number of anilines is 1. The zero-order valence-corrected chi connectivity index (χ0v) is 17.0. The van der Waals surface area contributed by atoms with Gasteiger partial charge < -0.3 is 9.47 Å². The highest BCUT2D eigenvalue weighted by molar-refractivity contribution is 6.23. The van der Waals surface area contributed by atoms with Crippen molar-refractivity contribution in [2.24, 2.45) is 0 Å². The number of ether oxygens (including phenoxy) is 2. The zero-order valence-electron chi connectivity index (χ0n) is 17.0. The standard InChI is InChI=1S/C22H26N2O4/c1-14-7-6-8-15(2)21(14)24-20(25)12-18(22(24)26)23(3)13-16-9-10-17(27-4)11-19(16)28-5/h6-11,18H,12-13H2,1-5H3/t18-/m0/s1. The Morgan fingerprint density at radius 3 is 2.36 bits per heavy atom. The molecular formula is C22H26N2O4. The van der Waals surface area contributed by atoms with Crippen molar-refractivity contribution in [1.29, 1.82) is 0 Å². The molecule has 0 spiro atoms. The maximum Gasteiger partial charge on any atom is 0.251 e. The van der Waals surface area contributed by atoms with Gasteiger partial charge in [-0.2, -0.15) is 0 Å². The number of imide groups is 1. The number of rotatable bonds is 6. The van der Waals surface area contributed by atoms with Gasteiger partial charge in [0.1, 0.15) is 11.5 Å². The van der Waals surface area contributed by atoms with Gasteiger partial charge in [-0.1, -0.05) is 24.3 Å². The van der Waals surface area contributed by atoms with E-state index in [0.717, 1.165) is 16.7 Å². The van der Waals surface area contributed by atoms with E-state index in [9.17, 15) is 9.59 Å². The molecule has 1 saturated heterocycles. The molecule has 1 fully saturated rings. The van der Waals surface area contributed by atoms with E-state index in [2.05, 4.69) is 0 Å². The quantitative estimate of drug-likeness (QED) is 0.719. The number of carbonyl (C=O) groups excluding carboxylic acids is 2. The average molecular weight is 382 g/mol. The SMILES string of the molecule is COc1ccc(CN(C)[C@H]2CC(=O)N(c3c(C)cccc3C)C2=O)c(OC)c1. The number of benzene rings is 2. The molecule has 1 aliphatic rings. The summed E-state index contributed by atoms with van der Waals surface area (Å²) < 4.78 is 10.7. The van der Waals surface area contributed by atoms with Gasteiger partial charge >= 0.3 is 0 Å². The second kappa shape index (κ2) is 8.02. The van der Waals surface area contributed by atoms with Crippen molar-refractivity contribution in [1.82, 2.24) is 4.90 Å². The molecule has 0 radical (unpaired) electrons. The monoisotopic (exact) mass is 382 g/mol. The summed E-state index contributed by atoms with van der Waals surface area (Å²) in [6.45, 7) is 4.32.